The Labute approximate surface area is 110 Å². The number of hydrogen-bond donors (Lipinski definition) is 2. The molecule has 1 amide bonds. The minimum absolute atomic E-state index is 0.0384. The fourth-order valence-corrected chi connectivity index (χ4v) is 1.90. The summed E-state index contributed by atoms with van der Waals surface area (Å²) in [5, 5.41) is 11.3. The molecule has 100 valence electrons. The summed E-state index contributed by atoms with van der Waals surface area (Å²) in [6.07, 6.45) is 5.19. The van der Waals surface area contributed by atoms with E-state index >= 15 is 0 Å². The minimum atomic E-state index is -1.17. The van der Waals surface area contributed by atoms with Gasteiger partial charge in [0.25, 0.3) is 5.91 Å². The number of carbonyl (C=O) groups excluding carboxylic acids is 1. The number of amides is 1. The van der Waals surface area contributed by atoms with Crippen molar-refractivity contribution >= 4 is 23.6 Å². The quantitative estimate of drug-likeness (QED) is 0.709. The highest BCUT2D eigenvalue weighted by molar-refractivity contribution is 7.98. The Morgan fingerprint density at radius 1 is 1.28 bits per heavy atom. The highest BCUT2D eigenvalue weighted by atomic mass is 32.2. The summed E-state index contributed by atoms with van der Waals surface area (Å²) in [5.74, 6) is -0.594. The lowest BCUT2D eigenvalue weighted by atomic mass is 10.2. The molecule has 0 aliphatic carbocycles. The molecule has 0 aliphatic rings. The first-order chi connectivity index (χ1) is 8.65. The van der Waals surface area contributed by atoms with Crippen LogP contribution in [-0.2, 0) is 0 Å². The van der Waals surface area contributed by atoms with Crippen LogP contribution in [0.5, 0.6) is 0 Å². The van der Waals surface area contributed by atoms with E-state index in [-0.39, 0.29) is 17.4 Å². The molecule has 0 saturated heterocycles. The Kier molecular flexibility index (Phi) is 6.35. The average molecular weight is 271 g/mol. The highest BCUT2D eigenvalue weighted by Crippen LogP contribution is 2.07. The van der Waals surface area contributed by atoms with Gasteiger partial charge in [-0.25, -0.2) is 4.79 Å². The second kappa shape index (κ2) is 7.81. The molecule has 0 bridgehead atoms. The Morgan fingerprint density at radius 3 is 2.61 bits per heavy atom. The summed E-state index contributed by atoms with van der Waals surface area (Å²) in [4.78, 5) is 22.1. The third-order valence-corrected chi connectivity index (χ3v) is 3.05. The van der Waals surface area contributed by atoms with Crippen molar-refractivity contribution in [1.29, 1.82) is 0 Å². The van der Waals surface area contributed by atoms with Gasteiger partial charge in [0.1, 0.15) is 0 Å². The topological polar surface area (TPSA) is 79.5 Å². The predicted molar refractivity (Wildman–Crippen MR) is 70.2 cm³/mol. The van der Waals surface area contributed by atoms with E-state index in [0.717, 1.165) is 25.0 Å². The molecule has 2 N–H and O–H groups in total. The first-order valence-corrected chi connectivity index (χ1v) is 7.15. The fourth-order valence-electron chi connectivity index (χ4n) is 1.41. The molecule has 1 aromatic rings. The molecule has 5 nitrogen and oxygen atoms in total. The molecule has 0 aromatic carbocycles. The van der Waals surface area contributed by atoms with Crippen molar-refractivity contribution in [2.24, 2.45) is 0 Å². The summed E-state index contributed by atoms with van der Waals surface area (Å²) < 4.78 is 4.89. The van der Waals surface area contributed by atoms with Crippen LogP contribution in [0.4, 0.5) is 0 Å². The van der Waals surface area contributed by atoms with Gasteiger partial charge in [0.2, 0.25) is 5.76 Å². The Morgan fingerprint density at radius 2 is 2.00 bits per heavy atom. The number of carbonyl (C=O) groups is 2. The lowest BCUT2D eigenvalue weighted by Gasteiger charge is -2.02. The number of carboxylic acids is 1. The lowest BCUT2D eigenvalue weighted by Crippen LogP contribution is -2.23. The zero-order valence-electron chi connectivity index (χ0n) is 10.3. The van der Waals surface area contributed by atoms with Crippen LogP contribution >= 0.6 is 11.8 Å². The van der Waals surface area contributed by atoms with Crippen molar-refractivity contribution in [3.63, 3.8) is 0 Å². The Bertz CT molecular complexity index is 403. The maximum atomic E-state index is 11.6. The average Bonchev–Trinajstić information content (AvgIpc) is 2.83. The van der Waals surface area contributed by atoms with Crippen LogP contribution in [0.3, 0.4) is 0 Å². The lowest BCUT2D eigenvalue weighted by molar-refractivity contribution is 0.0659. The van der Waals surface area contributed by atoms with Crippen molar-refractivity contribution in [3.05, 3.63) is 23.7 Å². The number of hydrogen-bond acceptors (Lipinski definition) is 4. The van der Waals surface area contributed by atoms with Gasteiger partial charge in [0.15, 0.2) is 5.76 Å². The van der Waals surface area contributed by atoms with E-state index in [2.05, 4.69) is 11.6 Å². The van der Waals surface area contributed by atoms with Gasteiger partial charge in [-0.2, -0.15) is 11.8 Å². The second-order valence-electron chi connectivity index (χ2n) is 3.78. The van der Waals surface area contributed by atoms with Crippen molar-refractivity contribution in [1.82, 2.24) is 5.32 Å². The van der Waals surface area contributed by atoms with Gasteiger partial charge in [-0.05, 0) is 37.0 Å². The van der Waals surface area contributed by atoms with E-state index in [0.29, 0.717) is 6.54 Å². The molecule has 6 heteroatoms. The van der Waals surface area contributed by atoms with Gasteiger partial charge in [-0.15, -0.1) is 0 Å². The third kappa shape index (κ3) is 4.83. The SMILES string of the molecule is CSCCCCCNC(=O)c1ccc(C(=O)O)o1. The van der Waals surface area contributed by atoms with Gasteiger partial charge in [0.05, 0.1) is 0 Å². The molecule has 0 aliphatic heterocycles. The summed E-state index contributed by atoms with van der Waals surface area (Å²) in [6, 6.07) is 2.64. The van der Waals surface area contributed by atoms with Crippen LogP contribution in [0.1, 0.15) is 40.4 Å². The van der Waals surface area contributed by atoms with E-state index in [1.165, 1.54) is 12.1 Å². The summed E-state index contributed by atoms with van der Waals surface area (Å²) in [7, 11) is 0. The maximum absolute atomic E-state index is 11.6. The van der Waals surface area contributed by atoms with Gasteiger partial charge in [-0.3, -0.25) is 4.79 Å². The van der Waals surface area contributed by atoms with Crippen LogP contribution < -0.4 is 5.32 Å². The molecule has 1 heterocycles. The molecular formula is C12H17NO4S. The monoisotopic (exact) mass is 271 g/mol. The number of carboxylic acid groups (broad SMARTS) is 1. The molecule has 1 rings (SSSR count). The van der Waals surface area contributed by atoms with E-state index in [1.54, 1.807) is 0 Å². The summed E-state index contributed by atoms with van der Waals surface area (Å²) in [6.45, 7) is 0.580. The smallest absolute Gasteiger partial charge is 0.371 e. The molecule has 0 radical (unpaired) electrons. The van der Waals surface area contributed by atoms with Crippen LogP contribution in [0, 0.1) is 0 Å². The number of thioether (sulfide) groups is 1. The van der Waals surface area contributed by atoms with Crippen molar-refractivity contribution < 1.29 is 19.1 Å². The number of nitrogens with one attached hydrogen (secondary N) is 1. The maximum Gasteiger partial charge on any atom is 0.371 e. The summed E-state index contributed by atoms with van der Waals surface area (Å²) >= 11 is 1.81. The summed E-state index contributed by atoms with van der Waals surface area (Å²) in [5.41, 5.74) is 0. The third-order valence-electron chi connectivity index (χ3n) is 2.35. The molecule has 18 heavy (non-hydrogen) atoms. The first-order valence-electron chi connectivity index (χ1n) is 5.75. The van der Waals surface area contributed by atoms with E-state index in [4.69, 9.17) is 9.52 Å². The van der Waals surface area contributed by atoms with Crippen LogP contribution in [0.2, 0.25) is 0 Å². The molecule has 0 unspecified atom stereocenters. The number of furan rings is 1. The zero-order chi connectivity index (χ0) is 13.4. The van der Waals surface area contributed by atoms with Gasteiger partial charge in [0, 0.05) is 6.54 Å². The van der Waals surface area contributed by atoms with Gasteiger partial charge in [-0.1, -0.05) is 6.42 Å². The van der Waals surface area contributed by atoms with Crippen LogP contribution in [0.15, 0.2) is 16.5 Å². The van der Waals surface area contributed by atoms with Gasteiger partial charge < -0.3 is 14.8 Å². The molecule has 0 atom stereocenters. The van der Waals surface area contributed by atoms with E-state index in [9.17, 15) is 9.59 Å². The fraction of sp³-hybridized carbons (Fsp3) is 0.500. The van der Waals surface area contributed by atoms with E-state index in [1.807, 2.05) is 11.8 Å². The van der Waals surface area contributed by atoms with Gasteiger partial charge >= 0.3 is 5.97 Å². The van der Waals surface area contributed by atoms with Crippen molar-refractivity contribution in [2.45, 2.75) is 19.3 Å². The van der Waals surface area contributed by atoms with Crippen molar-refractivity contribution in [2.75, 3.05) is 18.6 Å². The van der Waals surface area contributed by atoms with Crippen LogP contribution in [-0.4, -0.2) is 35.5 Å². The highest BCUT2D eigenvalue weighted by Gasteiger charge is 2.13. The molecule has 1 aromatic heterocycles. The van der Waals surface area contributed by atoms with Crippen LogP contribution in [0.25, 0.3) is 0 Å². The minimum Gasteiger partial charge on any atom is -0.475 e. The number of unbranched alkanes of at least 4 members (excludes halogenated alkanes) is 2. The first kappa shape index (κ1) is 14.6. The zero-order valence-corrected chi connectivity index (χ0v) is 11.1. The van der Waals surface area contributed by atoms with Crippen molar-refractivity contribution in [3.8, 4) is 0 Å². The number of rotatable bonds is 8. The normalized spacial score (nSPS) is 10.3. The largest absolute Gasteiger partial charge is 0.475 e. The Balaban J connectivity index is 2.25. The Hall–Kier alpha value is -1.43. The molecule has 0 fully saturated rings. The molecule has 0 saturated carbocycles. The van der Waals surface area contributed by atoms with E-state index < -0.39 is 5.97 Å². The molecule has 0 spiro atoms. The molecular weight excluding hydrogens is 254 g/mol. The predicted octanol–water partition coefficient (Wildman–Crippen LogP) is 2.24. The standard InChI is InChI=1S/C12H17NO4S/c1-18-8-4-2-3-7-13-11(14)9-5-6-10(17-9)12(15)16/h5-6H,2-4,7-8H2,1H3,(H,13,14)(H,15,16). The number of aromatic carboxylic acids is 1. The second-order valence-corrected chi connectivity index (χ2v) is 4.76.